The molecule has 4 heterocycles. The Hall–Kier alpha value is -3.46. The van der Waals surface area contributed by atoms with Gasteiger partial charge < -0.3 is 24.1 Å². The Kier molecular flexibility index (Phi) is 14.9. The van der Waals surface area contributed by atoms with Crippen molar-refractivity contribution >= 4 is 58.1 Å². The van der Waals surface area contributed by atoms with Crippen LogP contribution in [0.1, 0.15) is 103 Å². The zero-order valence-electron chi connectivity index (χ0n) is 34.9. The summed E-state index contributed by atoms with van der Waals surface area (Å²) in [6, 6.07) is 15.3. The highest BCUT2D eigenvalue weighted by Gasteiger charge is 2.40. The van der Waals surface area contributed by atoms with Crippen LogP contribution in [0.5, 0.6) is 5.75 Å². The number of carbonyl (C=O) groups excluding carboxylic acids is 2. The van der Waals surface area contributed by atoms with Crippen LogP contribution in [-0.4, -0.2) is 70.1 Å². The lowest BCUT2D eigenvalue weighted by atomic mass is 9.91. The first kappa shape index (κ1) is 45.2. The van der Waals surface area contributed by atoms with E-state index < -0.39 is 13.7 Å². The van der Waals surface area contributed by atoms with Crippen LogP contribution in [0.3, 0.4) is 0 Å². The van der Waals surface area contributed by atoms with E-state index in [4.69, 9.17) is 19.2 Å². The number of aromatic amines is 2. The minimum absolute atomic E-state index is 0. The van der Waals surface area contributed by atoms with Gasteiger partial charge in [-0.25, -0.2) is 19.3 Å². The topological polar surface area (TPSA) is 117 Å². The highest BCUT2D eigenvalue weighted by atomic mass is 32.1. The molecular formula is C42H65N6O5S2Si+. The molecule has 2 N–H and O–H groups in total. The van der Waals surface area contributed by atoms with Crippen LogP contribution >= 0.6 is 27.0 Å². The second kappa shape index (κ2) is 18.4. The van der Waals surface area contributed by atoms with Gasteiger partial charge in [0, 0.05) is 34.2 Å². The molecule has 0 bridgehead atoms. The Labute approximate surface area is 348 Å². The van der Waals surface area contributed by atoms with E-state index in [1.165, 1.54) is 0 Å². The molecule has 2 fully saturated rings. The summed E-state index contributed by atoms with van der Waals surface area (Å²) in [5.41, 5.74) is 4.35. The highest BCUT2D eigenvalue weighted by Crippen LogP contribution is 2.35. The summed E-state index contributed by atoms with van der Waals surface area (Å²) < 4.78 is 20.6. The fourth-order valence-corrected chi connectivity index (χ4v) is 8.07. The van der Waals surface area contributed by atoms with Gasteiger partial charge in [-0.3, -0.25) is 9.69 Å². The molecular weight excluding hydrogens is 761 g/mol. The Morgan fingerprint density at radius 3 is 2.25 bits per heavy atom. The number of nitrogens with zero attached hydrogens (tertiary/aromatic N) is 4. The molecule has 14 heteroatoms. The molecule has 6 rings (SSSR count). The van der Waals surface area contributed by atoms with Crippen LogP contribution in [0.2, 0.25) is 25.7 Å². The Morgan fingerprint density at radius 2 is 1.59 bits per heavy atom. The Bertz CT molecular complexity index is 1930. The zero-order chi connectivity index (χ0) is 38.8. The number of hydrogen-bond donors (Lipinski definition) is 2. The maximum Gasteiger partial charge on any atom is 0.411 e. The molecule has 2 aliphatic heterocycles. The number of hydrogen-bond acceptors (Lipinski definition) is 6. The first-order valence-corrected chi connectivity index (χ1v) is 23.3. The van der Waals surface area contributed by atoms with Crippen molar-refractivity contribution in [1.82, 2.24) is 24.8 Å². The van der Waals surface area contributed by atoms with Crippen LogP contribution in [0, 0.1) is 5.41 Å². The number of H-pyrrole nitrogens is 2. The van der Waals surface area contributed by atoms with Gasteiger partial charge in [-0.1, -0.05) is 46.5 Å². The number of amides is 2. The van der Waals surface area contributed by atoms with Gasteiger partial charge in [-0.2, -0.15) is 27.0 Å². The van der Waals surface area contributed by atoms with Gasteiger partial charge in [0.2, 0.25) is 5.91 Å². The lowest BCUT2D eigenvalue weighted by Gasteiger charge is -2.27. The molecule has 2 aromatic heterocycles. The van der Waals surface area contributed by atoms with Crippen molar-refractivity contribution in [2.75, 3.05) is 19.7 Å². The molecule has 0 radical (unpaired) electrons. The minimum Gasteiger partial charge on any atom is -0.489 e. The molecule has 2 aromatic carbocycles. The van der Waals surface area contributed by atoms with Crippen LogP contribution in [-0.2, 0) is 27.6 Å². The average Bonchev–Trinajstić information content (AvgIpc) is 3.89. The van der Waals surface area contributed by atoms with Crippen LogP contribution in [0.4, 0.5) is 4.79 Å². The molecule has 2 amide bonds. The first-order chi connectivity index (χ1) is 25.4. The van der Waals surface area contributed by atoms with E-state index in [0.717, 1.165) is 83.5 Å². The third-order valence-corrected chi connectivity index (χ3v) is 11.8. The smallest absolute Gasteiger partial charge is 0.411 e. The average molecular weight is 826 g/mol. The predicted molar refractivity (Wildman–Crippen MR) is 234 cm³/mol. The largest absolute Gasteiger partial charge is 0.489 e. The number of rotatable bonds is 12. The molecule has 56 heavy (non-hydrogen) atoms. The molecule has 2 saturated heterocycles. The van der Waals surface area contributed by atoms with Crippen LogP contribution in [0.25, 0.3) is 22.3 Å². The monoisotopic (exact) mass is 825 g/mol. The summed E-state index contributed by atoms with van der Waals surface area (Å²) in [4.78, 5) is 42.0. The summed E-state index contributed by atoms with van der Waals surface area (Å²) in [5, 5.41) is 0. The van der Waals surface area contributed by atoms with Gasteiger partial charge in [0.15, 0.2) is 17.8 Å². The van der Waals surface area contributed by atoms with Crippen molar-refractivity contribution < 1.29 is 28.4 Å². The molecule has 11 nitrogen and oxygen atoms in total. The number of fused-ring (bicyclic) bond motifs is 1. The zero-order valence-corrected chi connectivity index (χ0v) is 37.9. The lowest BCUT2D eigenvalue weighted by molar-refractivity contribution is -0.717. The molecule has 0 unspecified atom stereocenters. The van der Waals surface area contributed by atoms with Crippen molar-refractivity contribution in [2.24, 2.45) is 5.41 Å². The number of likely N-dealkylation sites (tertiary alicyclic amines) is 2. The number of nitrogens with one attached hydrogen (secondary N) is 2. The maximum absolute atomic E-state index is 13.3. The minimum atomic E-state index is -1.26. The standard InChI is InChI=1S/C42H60N6O5Si.2H2S/c1-41(2,3)25-37(49)46-20-10-12-34(46)38-43-26-33(44-38)30-15-17-31(18-16-30)52-27-29-14-19-32-36(24-29)48(28-51-22-23-54(7,8)9)39(45-32)35-13-11-21-47(35)40(50)53-42(4,5)6;;/h14-19,24,26,34-35H,10-13,20-23,25,27-28H2,1-9H3,(H,43,44);2*1H2/p+1/t34-,35-;;/m0../s1. The number of imidazole rings is 2. The van der Waals surface area contributed by atoms with Crippen molar-refractivity contribution in [1.29, 1.82) is 0 Å². The molecule has 2 aliphatic rings. The van der Waals surface area contributed by atoms with Gasteiger partial charge in [0.25, 0.3) is 5.82 Å². The van der Waals surface area contributed by atoms with Crippen LogP contribution in [0.15, 0.2) is 48.7 Å². The van der Waals surface area contributed by atoms with Gasteiger partial charge in [0.05, 0.1) is 17.9 Å². The fourth-order valence-electron chi connectivity index (χ4n) is 7.31. The van der Waals surface area contributed by atoms with Crippen LogP contribution < -0.4 is 9.30 Å². The molecule has 4 aromatic rings. The van der Waals surface area contributed by atoms with E-state index in [0.29, 0.717) is 32.9 Å². The second-order valence-electron chi connectivity index (χ2n) is 18.4. The molecule has 2 atom stereocenters. The molecule has 308 valence electrons. The summed E-state index contributed by atoms with van der Waals surface area (Å²) in [6.07, 6.45) is 5.77. The van der Waals surface area contributed by atoms with Gasteiger partial charge in [0.1, 0.15) is 29.8 Å². The van der Waals surface area contributed by atoms with Crippen molar-refractivity contribution in [2.45, 2.75) is 130 Å². The molecule has 0 spiro atoms. The molecule has 0 aliphatic carbocycles. The fraction of sp³-hybridized carbons (Fsp3) is 0.571. The maximum atomic E-state index is 13.3. The SMILES string of the molecule is CC(C)(C)CC(=O)N1CCC[C@H]1c1ncc(-c2ccc(OCc3ccc4[nH]c([C@@H]5CCCN5C(=O)OC(C)(C)C)[n+](COCC[Si](C)(C)C)c4c3)cc2)[nH]1.S.S. The summed E-state index contributed by atoms with van der Waals surface area (Å²) in [7, 11) is -1.26. The van der Waals surface area contributed by atoms with E-state index in [1.807, 2.05) is 61.0 Å². The van der Waals surface area contributed by atoms with E-state index in [9.17, 15) is 9.59 Å². The van der Waals surface area contributed by atoms with Crippen molar-refractivity contribution in [3.8, 4) is 17.0 Å². The highest BCUT2D eigenvalue weighted by molar-refractivity contribution is 7.59. The third kappa shape index (κ3) is 11.6. The Balaban J connectivity index is 0.00000348. The molecule has 0 saturated carbocycles. The van der Waals surface area contributed by atoms with Crippen molar-refractivity contribution in [3.05, 3.63) is 65.9 Å². The summed E-state index contributed by atoms with van der Waals surface area (Å²) in [6.45, 7) is 22.0. The van der Waals surface area contributed by atoms with Gasteiger partial charge in [-0.05, 0) is 105 Å². The summed E-state index contributed by atoms with van der Waals surface area (Å²) >= 11 is 0. The van der Waals surface area contributed by atoms with E-state index in [2.05, 4.69) is 73.1 Å². The second-order valence-corrected chi connectivity index (χ2v) is 24.1. The van der Waals surface area contributed by atoms with Gasteiger partial charge in [-0.15, -0.1) is 0 Å². The van der Waals surface area contributed by atoms with E-state index >= 15 is 0 Å². The number of ether oxygens (including phenoxy) is 3. The first-order valence-electron chi connectivity index (χ1n) is 19.6. The number of aromatic nitrogens is 4. The van der Waals surface area contributed by atoms with E-state index in [-0.39, 0.29) is 56.5 Å². The lowest BCUT2D eigenvalue weighted by Crippen LogP contribution is -2.44. The Morgan fingerprint density at radius 1 is 0.911 bits per heavy atom. The summed E-state index contributed by atoms with van der Waals surface area (Å²) in [5.74, 6) is 2.76. The quantitative estimate of drug-likeness (QED) is 0.0837. The number of carbonyl (C=O) groups is 2. The number of benzene rings is 2. The van der Waals surface area contributed by atoms with Crippen molar-refractivity contribution in [3.63, 3.8) is 0 Å². The normalized spacial score (nSPS) is 17.5. The van der Waals surface area contributed by atoms with E-state index in [1.54, 1.807) is 0 Å². The predicted octanol–water partition coefficient (Wildman–Crippen LogP) is 9.13. The van der Waals surface area contributed by atoms with Gasteiger partial charge >= 0.3 is 6.09 Å². The third-order valence-electron chi connectivity index (χ3n) is 10.1.